The number of carbonyl (C=O) groups is 1. The smallest absolute Gasteiger partial charge is 0.251 e. The van der Waals surface area contributed by atoms with Gasteiger partial charge in [0.2, 0.25) is 0 Å². The Bertz CT molecular complexity index is 586. The van der Waals surface area contributed by atoms with Gasteiger partial charge in [0.1, 0.15) is 16.1 Å². The van der Waals surface area contributed by atoms with Crippen LogP contribution < -0.4 is 10.1 Å². The average molecular weight is 325 g/mol. The van der Waals surface area contributed by atoms with Crippen LogP contribution in [-0.2, 0) is 0 Å². The summed E-state index contributed by atoms with van der Waals surface area (Å²) in [5.74, 6) is 0.581. The number of amides is 1. The average Bonchev–Trinajstić information content (AvgIpc) is 2.47. The number of ether oxygens (including phenoxy) is 1. The van der Waals surface area contributed by atoms with Crippen molar-refractivity contribution in [1.29, 1.82) is 0 Å². The second-order valence-corrected chi connectivity index (χ2v) is 5.05. The standard InChI is InChI=1S/C15H14Cl2N2O2/c16-13-9-11(10-14(17)19-13)15(20)18-7-4-8-21-12-5-2-1-3-6-12/h1-3,5-6,9-10H,4,7-8H2,(H,18,20). The SMILES string of the molecule is O=C(NCCCOc1ccccc1)c1cc(Cl)nc(Cl)c1. The number of hydrogen-bond donors (Lipinski definition) is 1. The van der Waals surface area contributed by atoms with Gasteiger partial charge in [-0.15, -0.1) is 0 Å². The highest BCUT2D eigenvalue weighted by Gasteiger charge is 2.07. The lowest BCUT2D eigenvalue weighted by Crippen LogP contribution is -2.25. The number of rotatable bonds is 6. The van der Waals surface area contributed by atoms with Gasteiger partial charge in [-0.1, -0.05) is 41.4 Å². The molecule has 1 aromatic heterocycles. The predicted octanol–water partition coefficient (Wildman–Crippen LogP) is 3.59. The monoisotopic (exact) mass is 324 g/mol. The van der Waals surface area contributed by atoms with E-state index in [0.29, 0.717) is 25.1 Å². The Morgan fingerprint density at radius 1 is 1.14 bits per heavy atom. The maximum Gasteiger partial charge on any atom is 0.251 e. The molecule has 1 amide bonds. The zero-order valence-corrected chi connectivity index (χ0v) is 12.7. The third kappa shape index (κ3) is 5.25. The van der Waals surface area contributed by atoms with Gasteiger partial charge in [0.05, 0.1) is 6.61 Å². The van der Waals surface area contributed by atoms with Crippen LogP contribution in [-0.4, -0.2) is 24.0 Å². The van der Waals surface area contributed by atoms with Crippen LogP contribution in [0, 0.1) is 0 Å². The number of aromatic nitrogens is 1. The number of para-hydroxylation sites is 1. The second-order valence-electron chi connectivity index (χ2n) is 4.27. The van der Waals surface area contributed by atoms with E-state index in [1.165, 1.54) is 12.1 Å². The number of carbonyl (C=O) groups excluding carboxylic acids is 1. The third-order valence-corrected chi connectivity index (χ3v) is 3.03. The molecule has 4 nitrogen and oxygen atoms in total. The molecule has 1 heterocycles. The number of benzene rings is 1. The van der Waals surface area contributed by atoms with E-state index in [0.717, 1.165) is 5.75 Å². The zero-order valence-electron chi connectivity index (χ0n) is 11.2. The highest BCUT2D eigenvalue weighted by molar-refractivity contribution is 6.33. The van der Waals surface area contributed by atoms with Crippen molar-refractivity contribution < 1.29 is 9.53 Å². The molecule has 1 N–H and O–H groups in total. The molecule has 0 aliphatic rings. The molecule has 0 fully saturated rings. The van der Waals surface area contributed by atoms with Gasteiger partial charge in [0.25, 0.3) is 5.91 Å². The molecule has 21 heavy (non-hydrogen) atoms. The highest BCUT2D eigenvalue weighted by atomic mass is 35.5. The summed E-state index contributed by atoms with van der Waals surface area (Å²) in [7, 11) is 0. The third-order valence-electron chi connectivity index (χ3n) is 2.64. The molecule has 1 aromatic carbocycles. The number of halogens is 2. The highest BCUT2D eigenvalue weighted by Crippen LogP contribution is 2.14. The maximum atomic E-state index is 11.9. The minimum absolute atomic E-state index is 0.195. The van der Waals surface area contributed by atoms with E-state index in [-0.39, 0.29) is 16.2 Å². The molecule has 0 atom stereocenters. The second kappa shape index (κ2) is 7.86. The van der Waals surface area contributed by atoms with Crippen LogP contribution in [0.4, 0.5) is 0 Å². The molecule has 0 aliphatic heterocycles. The van der Waals surface area contributed by atoms with Crippen LogP contribution in [0.15, 0.2) is 42.5 Å². The molecule has 0 saturated carbocycles. The fourth-order valence-electron chi connectivity index (χ4n) is 1.68. The molecule has 0 spiro atoms. The first-order valence-corrected chi connectivity index (χ1v) is 7.20. The van der Waals surface area contributed by atoms with Gasteiger partial charge < -0.3 is 10.1 Å². The van der Waals surface area contributed by atoms with Gasteiger partial charge in [-0.05, 0) is 30.7 Å². The largest absolute Gasteiger partial charge is 0.494 e. The Hall–Kier alpha value is -1.78. The molecular formula is C15H14Cl2N2O2. The summed E-state index contributed by atoms with van der Waals surface area (Å²) in [6.45, 7) is 1.03. The normalized spacial score (nSPS) is 10.2. The summed E-state index contributed by atoms with van der Waals surface area (Å²) in [5, 5.41) is 3.16. The Morgan fingerprint density at radius 3 is 2.48 bits per heavy atom. The van der Waals surface area contributed by atoms with E-state index >= 15 is 0 Å². The molecule has 2 aromatic rings. The molecule has 2 rings (SSSR count). The summed E-state index contributed by atoms with van der Waals surface area (Å²) in [6.07, 6.45) is 0.702. The van der Waals surface area contributed by atoms with E-state index < -0.39 is 0 Å². The Kier molecular flexibility index (Phi) is 5.84. The Labute approximate surface area is 133 Å². The number of nitrogens with zero attached hydrogens (tertiary/aromatic N) is 1. The molecule has 6 heteroatoms. The summed E-state index contributed by atoms with van der Waals surface area (Å²) >= 11 is 11.5. The van der Waals surface area contributed by atoms with Crippen LogP contribution >= 0.6 is 23.2 Å². The summed E-state index contributed by atoms with van der Waals surface area (Å²) < 4.78 is 5.53. The van der Waals surface area contributed by atoms with Gasteiger partial charge in [0, 0.05) is 12.1 Å². The van der Waals surface area contributed by atoms with E-state index in [1.54, 1.807) is 0 Å². The molecule has 0 saturated heterocycles. The molecule has 0 bridgehead atoms. The van der Waals surface area contributed by atoms with Crippen LogP contribution in [0.5, 0.6) is 5.75 Å². The number of hydrogen-bond acceptors (Lipinski definition) is 3. The van der Waals surface area contributed by atoms with Crippen molar-refractivity contribution in [2.45, 2.75) is 6.42 Å². The van der Waals surface area contributed by atoms with Crippen LogP contribution in [0.3, 0.4) is 0 Å². The first-order chi connectivity index (χ1) is 10.1. The first-order valence-electron chi connectivity index (χ1n) is 6.44. The van der Waals surface area contributed by atoms with Gasteiger partial charge in [-0.3, -0.25) is 4.79 Å². The van der Waals surface area contributed by atoms with Crippen molar-refractivity contribution >= 4 is 29.1 Å². The van der Waals surface area contributed by atoms with E-state index in [4.69, 9.17) is 27.9 Å². The van der Waals surface area contributed by atoms with Gasteiger partial charge in [0.15, 0.2) is 0 Å². The van der Waals surface area contributed by atoms with E-state index in [9.17, 15) is 4.79 Å². The lowest BCUT2D eigenvalue weighted by atomic mass is 10.2. The van der Waals surface area contributed by atoms with Gasteiger partial charge in [-0.25, -0.2) is 4.98 Å². The molecule has 0 radical (unpaired) electrons. The molecular weight excluding hydrogens is 311 g/mol. The predicted molar refractivity (Wildman–Crippen MR) is 83.1 cm³/mol. The van der Waals surface area contributed by atoms with Crippen molar-refractivity contribution in [2.75, 3.05) is 13.2 Å². The quantitative estimate of drug-likeness (QED) is 0.652. The molecule has 0 unspecified atom stereocenters. The van der Waals surface area contributed by atoms with E-state index in [2.05, 4.69) is 10.3 Å². The Balaban J connectivity index is 1.72. The fourth-order valence-corrected chi connectivity index (χ4v) is 2.14. The minimum Gasteiger partial charge on any atom is -0.494 e. The first kappa shape index (κ1) is 15.6. The fraction of sp³-hybridized carbons (Fsp3) is 0.200. The van der Waals surface area contributed by atoms with Gasteiger partial charge >= 0.3 is 0 Å². The van der Waals surface area contributed by atoms with Crippen LogP contribution in [0.1, 0.15) is 16.8 Å². The molecule has 110 valence electrons. The van der Waals surface area contributed by atoms with Crippen LogP contribution in [0.25, 0.3) is 0 Å². The van der Waals surface area contributed by atoms with Crippen molar-refractivity contribution in [2.24, 2.45) is 0 Å². The summed E-state index contributed by atoms with van der Waals surface area (Å²) in [5.41, 5.74) is 0.393. The van der Waals surface area contributed by atoms with E-state index in [1.807, 2.05) is 30.3 Å². The maximum absolute atomic E-state index is 11.9. The zero-order chi connectivity index (χ0) is 15.1. The van der Waals surface area contributed by atoms with Gasteiger partial charge in [-0.2, -0.15) is 0 Å². The van der Waals surface area contributed by atoms with Crippen LogP contribution in [0.2, 0.25) is 10.3 Å². The number of nitrogens with one attached hydrogen (secondary N) is 1. The topological polar surface area (TPSA) is 51.2 Å². The van der Waals surface area contributed by atoms with Crippen molar-refractivity contribution in [3.05, 3.63) is 58.3 Å². The summed E-state index contributed by atoms with van der Waals surface area (Å²) in [4.78, 5) is 15.7. The number of pyridine rings is 1. The summed E-state index contributed by atoms with van der Waals surface area (Å²) in [6, 6.07) is 12.5. The minimum atomic E-state index is -0.235. The van der Waals surface area contributed by atoms with Crippen molar-refractivity contribution in [3.63, 3.8) is 0 Å². The Morgan fingerprint density at radius 2 is 1.81 bits per heavy atom. The lowest BCUT2D eigenvalue weighted by Gasteiger charge is -2.07. The lowest BCUT2D eigenvalue weighted by molar-refractivity contribution is 0.0951. The van der Waals surface area contributed by atoms with Crippen molar-refractivity contribution in [1.82, 2.24) is 10.3 Å². The van der Waals surface area contributed by atoms with Crippen molar-refractivity contribution in [3.8, 4) is 5.75 Å². The molecule has 0 aliphatic carbocycles.